The molecule has 0 unspecified atom stereocenters. The maximum Gasteiger partial charge on any atom is 0.247 e. The topological polar surface area (TPSA) is 34.0 Å². The quantitative estimate of drug-likeness (QED) is 0.768. The van der Waals surface area contributed by atoms with Crippen LogP contribution in [0.5, 0.6) is 0 Å². The molecule has 106 valence electrons. The van der Waals surface area contributed by atoms with Gasteiger partial charge >= 0.3 is 0 Å². The predicted molar refractivity (Wildman–Crippen MR) is 85.2 cm³/mol. The number of nitrogens with one attached hydrogen (secondary N) is 1. The third-order valence-corrected chi connectivity index (χ3v) is 4.18. The van der Waals surface area contributed by atoms with E-state index in [-0.39, 0.29) is 11.9 Å². The van der Waals surface area contributed by atoms with Crippen LogP contribution in [0.2, 0.25) is 0 Å². The first-order valence-electron chi connectivity index (χ1n) is 6.82. The van der Waals surface area contributed by atoms with Gasteiger partial charge in [0.05, 0.1) is 6.54 Å². The third kappa shape index (κ3) is 3.23. The lowest BCUT2D eigenvalue weighted by Gasteiger charge is -2.19. The van der Waals surface area contributed by atoms with Crippen LogP contribution < -0.4 is 5.32 Å². The average Bonchev–Trinajstić information content (AvgIpc) is 3.20. The van der Waals surface area contributed by atoms with Crippen molar-refractivity contribution in [1.29, 1.82) is 0 Å². The second-order valence-corrected chi connectivity index (χ2v) is 5.77. The summed E-state index contributed by atoms with van der Waals surface area (Å²) in [5.74, 6) is 0.00537. The van der Waals surface area contributed by atoms with Gasteiger partial charge in [-0.25, -0.2) is 0 Å². The van der Waals surface area contributed by atoms with Crippen molar-refractivity contribution in [1.82, 2.24) is 9.88 Å². The Morgan fingerprint density at radius 1 is 1.05 bits per heavy atom. The number of hydrogen-bond acceptors (Lipinski definition) is 2. The molecule has 0 aliphatic heterocycles. The molecule has 1 N–H and O–H groups in total. The van der Waals surface area contributed by atoms with E-state index in [4.69, 9.17) is 0 Å². The number of amides is 1. The predicted octanol–water partition coefficient (Wildman–Crippen LogP) is 3.46. The summed E-state index contributed by atoms with van der Waals surface area (Å²) < 4.78 is 1.93. The van der Waals surface area contributed by atoms with Crippen LogP contribution in [0.3, 0.4) is 0 Å². The molecule has 0 bridgehead atoms. The first kappa shape index (κ1) is 13.6. The summed E-state index contributed by atoms with van der Waals surface area (Å²) in [6.45, 7) is 0.571. The van der Waals surface area contributed by atoms with Gasteiger partial charge in [0.2, 0.25) is 5.91 Å². The standard InChI is InChI=1S/C17H16N2OS/c20-17(18-13-15-9-6-12-21-15)16(19-10-4-5-11-19)14-7-2-1-3-8-14/h1-12,16H,13H2,(H,18,20)/t16-/m1/s1. The molecular formula is C17H16N2OS. The molecule has 0 aliphatic carbocycles. The second-order valence-electron chi connectivity index (χ2n) is 4.74. The van der Waals surface area contributed by atoms with Gasteiger partial charge in [0.15, 0.2) is 0 Å². The Morgan fingerprint density at radius 2 is 1.81 bits per heavy atom. The number of rotatable bonds is 5. The van der Waals surface area contributed by atoms with Crippen molar-refractivity contribution in [3.8, 4) is 0 Å². The summed E-state index contributed by atoms with van der Waals surface area (Å²) in [5.41, 5.74) is 0.984. The van der Waals surface area contributed by atoms with E-state index in [2.05, 4.69) is 5.32 Å². The lowest BCUT2D eigenvalue weighted by Crippen LogP contribution is -2.32. The first-order chi connectivity index (χ1) is 10.3. The minimum Gasteiger partial charge on any atom is -0.349 e. The SMILES string of the molecule is O=C(NCc1cccs1)[C@@H](c1ccccc1)n1cccc1. The fourth-order valence-electron chi connectivity index (χ4n) is 2.30. The fourth-order valence-corrected chi connectivity index (χ4v) is 2.94. The zero-order valence-electron chi connectivity index (χ0n) is 11.5. The summed E-state index contributed by atoms with van der Waals surface area (Å²) >= 11 is 1.65. The van der Waals surface area contributed by atoms with E-state index in [0.717, 1.165) is 10.4 Å². The Balaban J connectivity index is 1.80. The molecule has 0 aliphatic rings. The summed E-state index contributed by atoms with van der Waals surface area (Å²) in [5, 5.41) is 5.04. The van der Waals surface area contributed by atoms with Crippen molar-refractivity contribution in [3.05, 3.63) is 82.8 Å². The molecule has 2 aromatic heterocycles. The maximum absolute atomic E-state index is 12.6. The average molecular weight is 296 g/mol. The Morgan fingerprint density at radius 3 is 2.48 bits per heavy atom. The number of carbonyl (C=O) groups excluding carboxylic acids is 1. The van der Waals surface area contributed by atoms with Crippen LogP contribution in [0.15, 0.2) is 72.4 Å². The largest absolute Gasteiger partial charge is 0.349 e. The molecule has 0 radical (unpaired) electrons. The van der Waals surface area contributed by atoms with Gasteiger partial charge in [-0.2, -0.15) is 0 Å². The maximum atomic E-state index is 12.6. The molecule has 4 heteroatoms. The molecule has 1 amide bonds. The van der Waals surface area contributed by atoms with Crippen LogP contribution >= 0.6 is 11.3 Å². The normalized spacial score (nSPS) is 12.0. The zero-order valence-corrected chi connectivity index (χ0v) is 12.3. The van der Waals surface area contributed by atoms with E-state index >= 15 is 0 Å². The Hall–Kier alpha value is -2.33. The van der Waals surface area contributed by atoms with Crippen LogP contribution in [0.25, 0.3) is 0 Å². The molecule has 0 saturated heterocycles. The van der Waals surface area contributed by atoms with E-state index in [1.807, 2.05) is 76.9 Å². The van der Waals surface area contributed by atoms with Crippen molar-refractivity contribution in [2.45, 2.75) is 12.6 Å². The van der Waals surface area contributed by atoms with E-state index < -0.39 is 0 Å². The smallest absolute Gasteiger partial charge is 0.247 e. The van der Waals surface area contributed by atoms with Gasteiger partial charge in [0.1, 0.15) is 6.04 Å². The van der Waals surface area contributed by atoms with E-state index in [1.54, 1.807) is 11.3 Å². The zero-order chi connectivity index (χ0) is 14.5. The van der Waals surface area contributed by atoms with Crippen molar-refractivity contribution in [2.24, 2.45) is 0 Å². The molecule has 0 saturated carbocycles. The minimum absolute atomic E-state index is 0.00537. The van der Waals surface area contributed by atoms with Gasteiger partial charge in [-0.3, -0.25) is 4.79 Å². The molecule has 3 nitrogen and oxygen atoms in total. The summed E-state index contributed by atoms with van der Waals surface area (Å²) in [6, 6.07) is 17.4. The highest BCUT2D eigenvalue weighted by Crippen LogP contribution is 2.19. The Bertz CT molecular complexity index is 675. The Labute approximate surface area is 127 Å². The van der Waals surface area contributed by atoms with Crippen LogP contribution in [-0.2, 0) is 11.3 Å². The second kappa shape index (κ2) is 6.41. The van der Waals surface area contributed by atoms with E-state index in [9.17, 15) is 4.79 Å². The number of benzene rings is 1. The molecular weight excluding hydrogens is 280 g/mol. The highest BCUT2D eigenvalue weighted by Gasteiger charge is 2.21. The number of aromatic nitrogens is 1. The van der Waals surface area contributed by atoms with E-state index in [0.29, 0.717) is 6.54 Å². The van der Waals surface area contributed by atoms with Gasteiger partial charge in [-0.15, -0.1) is 11.3 Å². The third-order valence-electron chi connectivity index (χ3n) is 3.31. The van der Waals surface area contributed by atoms with Crippen LogP contribution in [-0.4, -0.2) is 10.5 Å². The van der Waals surface area contributed by atoms with Gasteiger partial charge in [-0.05, 0) is 29.1 Å². The molecule has 3 aromatic rings. The summed E-state index contributed by atoms with van der Waals surface area (Å²) in [7, 11) is 0. The van der Waals surface area contributed by atoms with Gasteiger partial charge in [-0.1, -0.05) is 36.4 Å². The van der Waals surface area contributed by atoms with Crippen molar-refractivity contribution in [3.63, 3.8) is 0 Å². The van der Waals surface area contributed by atoms with Crippen molar-refractivity contribution >= 4 is 17.2 Å². The highest BCUT2D eigenvalue weighted by molar-refractivity contribution is 7.09. The Kier molecular flexibility index (Phi) is 4.17. The summed E-state index contributed by atoms with van der Waals surface area (Å²) in [4.78, 5) is 13.8. The highest BCUT2D eigenvalue weighted by atomic mass is 32.1. The van der Waals surface area contributed by atoms with Crippen LogP contribution in [0.1, 0.15) is 16.5 Å². The molecule has 1 atom stereocenters. The fraction of sp³-hybridized carbons (Fsp3) is 0.118. The monoisotopic (exact) mass is 296 g/mol. The van der Waals surface area contributed by atoms with Crippen LogP contribution in [0.4, 0.5) is 0 Å². The molecule has 0 fully saturated rings. The number of hydrogen-bond donors (Lipinski definition) is 1. The molecule has 1 aromatic carbocycles. The molecule has 3 rings (SSSR count). The number of nitrogens with zero attached hydrogens (tertiary/aromatic N) is 1. The lowest BCUT2D eigenvalue weighted by molar-refractivity contribution is -0.123. The lowest BCUT2D eigenvalue weighted by atomic mass is 10.1. The van der Waals surface area contributed by atoms with Gasteiger partial charge in [0, 0.05) is 17.3 Å². The minimum atomic E-state index is -0.332. The molecule has 2 heterocycles. The van der Waals surface area contributed by atoms with Gasteiger partial charge < -0.3 is 9.88 Å². The first-order valence-corrected chi connectivity index (χ1v) is 7.70. The van der Waals surface area contributed by atoms with Crippen LogP contribution in [0, 0.1) is 0 Å². The molecule has 21 heavy (non-hydrogen) atoms. The van der Waals surface area contributed by atoms with E-state index in [1.165, 1.54) is 0 Å². The number of carbonyl (C=O) groups is 1. The van der Waals surface area contributed by atoms with Crippen molar-refractivity contribution in [2.75, 3.05) is 0 Å². The molecule has 0 spiro atoms. The van der Waals surface area contributed by atoms with Gasteiger partial charge in [0.25, 0.3) is 0 Å². The van der Waals surface area contributed by atoms with Crippen molar-refractivity contribution < 1.29 is 4.79 Å². The number of thiophene rings is 1. The summed E-state index contributed by atoms with van der Waals surface area (Å²) in [6.07, 6.45) is 3.84.